The minimum Gasteiger partial charge on any atom is -0.261 e. The third kappa shape index (κ3) is 2.52. The Morgan fingerprint density at radius 2 is 1.80 bits per heavy atom. The molecule has 0 amide bonds. The van der Waals surface area contributed by atoms with E-state index in [9.17, 15) is 0 Å². The summed E-state index contributed by atoms with van der Waals surface area (Å²) in [7, 11) is 0. The van der Waals surface area contributed by atoms with E-state index in [1.54, 1.807) is 6.42 Å². The van der Waals surface area contributed by atoms with E-state index in [1.807, 2.05) is 6.20 Å². The molecular formula is C24H35N. The molecule has 0 N–H and O–H groups in total. The number of fused-ring (bicyclic) bond motifs is 5. The van der Waals surface area contributed by atoms with Crippen LogP contribution in [0.3, 0.4) is 0 Å². The van der Waals surface area contributed by atoms with E-state index >= 15 is 0 Å². The summed E-state index contributed by atoms with van der Waals surface area (Å²) < 4.78 is 0. The van der Waals surface area contributed by atoms with E-state index in [0.717, 1.165) is 35.5 Å². The molecule has 4 aliphatic rings. The third-order valence-corrected chi connectivity index (χ3v) is 9.26. The van der Waals surface area contributed by atoms with Crippen LogP contribution in [0.5, 0.6) is 0 Å². The van der Waals surface area contributed by atoms with Crippen molar-refractivity contribution in [3.63, 3.8) is 0 Å². The average molecular weight is 338 g/mol. The summed E-state index contributed by atoms with van der Waals surface area (Å²) in [6.07, 6.45) is 15.5. The smallest absolute Gasteiger partial charge is 0.0440 e. The zero-order valence-electron chi connectivity index (χ0n) is 16.2. The second-order valence-corrected chi connectivity index (χ2v) is 10.3. The Hall–Kier alpha value is -0.850. The topological polar surface area (TPSA) is 12.9 Å². The van der Waals surface area contributed by atoms with E-state index in [1.165, 1.54) is 57.1 Å². The molecule has 1 nitrogen and oxygen atoms in total. The summed E-state index contributed by atoms with van der Waals surface area (Å²) in [5, 5.41) is 0. The van der Waals surface area contributed by atoms with Gasteiger partial charge in [-0.15, -0.1) is 0 Å². The van der Waals surface area contributed by atoms with Gasteiger partial charge in [0, 0.05) is 17.8 Å². The summed E-state index contributed by atoms with van der Waals surface area (Å²) in [4.78, 5) is 4.77. The van der Waals surface area contributed by atoms with Crippen LogP contribution in [0.15, 0.2) is 24.4 Å². The Bertz CT molecular complexity index is 610. The van der Waals surface area contributed by atoms with Crippen molar-refractivity contribution in [1.82, 2.24) is 4.98 Å². The predicted molar refractivity (Wildman–Crippen MR) is 103 cm³/mol. The summed E-state index contributed by atoms with van der Waals surface area (Å²) in [5.41, 5.74) is 1.90. The normalized spacial score (nSPS) is 49.1. The number of aromatic nitrogens is 1. The Morgan fingerprint density at radius 1 is 0.920 bits per heavy atom. The van der Waals surface area contributed by atoms with Crippen LogP contribution in [-0.2, 0) is 0 Å². The van der Waals surface area contributed by atoms with Crippen molar-refractivity contribution in [3.05, 3.63) is 30.1 Å². The van der Waals surface area contributed by atoms with Gasteiger partial charge >= 0.3 is 0 Å². The second-order valence-electron chi connectivity index (χ2n) is 10.3. The molecule has 1 heterocycles. The standard InChI is InChI=1S/C24H35N/c1-16-6-8-18-17(15-16)7-9-20-19(18)12-13-24(2)21(20)10-11-22(24)23-5-3-4-14-25-23/h3-5,14,16-22H,6-13,15H2,1-2H3/t16?,17?,18?,19?,20?,21?,22-,24?/m1/s1. The van der Waals surface area contributed by atoms with E-state index in [-0.39, 0.29) is 0 Å². The van der Waals surface area contributed by atoms with E-state index in [2.05, 4.69) is 32.0 Å². The van der Waals surface area contributed by atoms with Gasteiger partial charge in [0.05, 0.1) is 0 Å². The van der Waals surface area contributed by atoms with Crippen molar-refractivity contribution in [1.29, 1.82) is 0 Å². The monoisotopic (exact) mass is 337 g/mol. The predicted octanol–water partition coefficient (Wildman–Crippen LogP) is 6.45. The molecule has 7 unspecified atom stereocenters. The highest BCUT2D eigenvalue weighted by molar-refractivity contribution is 5.19. The van der Waals surface area contributed by atoms with Crippen LogP contribution in [0, 0.1) is 40.9 Å². The average Bonchev–Trinajstić information content (AvgIpc) is 2.99. The molecule has 0 spiro atoms. The van der Waals surface area contributed by atoms with Crippen LogP contribution in [0.1, 0.15) is 83.2 Å². The zero-order chi connectivity index (χ0) is 17.0. The van der Waals surface area contributed by atoms with Crippen molar-refractivity contribution in [2.45, 2.75) is 77.6 Å². The molecule has 4 aliphatic carbocycles. The number of pyridine rings is 1. The highest BCUT2D eigenvalue weighted by Gasteiger charge is 2.57. The van der Waals surface area contributed by atoms with Crippen molar-refractivity contribution in [2.75, 3.05) is 0 Å². The Kier molecular flexibility index (Phi) is 3.99. The van der Waals surface area contributed by atoms with Crippen LogP contribution >= 0.6 is 0 Å². The van der Waals surface area contributed by atoms with Crippen LogP contribution in [-0.4, -0.2) is 4.98 Å². The highest BCUT2D eigenvalue weighted by Crippen LogP contribution is 2.66. The van der Waals surface area contributed by atoms with E-state index < -0.39 is 0 Å². The molecule has 136 valence electrons. The molecule has 0 radical (unpaired) electrons. The number of nitrogens with zero attached hydrogens (tertiary/aromatic N) is 1. The lowest BCUT2D eigenvalue weighted by Crippen LogP contribution is -2.48. The molecule has 5 rings (SSSR count). The molecule has 4 fully saturated rings. The molecule has 1 aromatic rings. The Balaban J connectivity index is 1.40. The van der Waals surface area contributed by atoms with Crippen molar-refractivity contribution < 1.29 is 0 Å². The largest absolute Gasteiger partial charge is 0.261 e. The van der Waals surface area contributed by atoms with E-state index in [0.29, 0.717) is 11.3 Å². The van der Waals surface area contributed by atoms with Crippen molar-refractivity contribution in [2.24, 2.45) is 40.9 Å². The first-order valence-corrected chi connectivity index (χ1v) is 11.1. The zero-order valence-corrected chi connectivity index (χ0v) is 16.2. The Morgan fingerprint density at radius 3 is 2.64 bits per heavy atom. The number of rotatable bonds is 1. The van der Waals surface area contributed by atoms with Gasteiger partial charge in [-0.05, 0) is 104 Å². The van der Waals surface area contributed by atoms with Crippen molar-refractivity contribution >= 4 is 0 Å². The quantitative estimate of drug-likeness (QED) is 0.573. The summed E-state index contributed by atoms with van der Waals surface area (Å²) in [6.45, 7) is 5.13. The number of hydrogen-bond donors (Lipinski definition) is 0. The molecular weight excluding hydrogens is 302 g/mol. The molecule has 25 heavy (non-hydrogen) atoms. The van der Waals surface area contributed by atoms with Gasteiger partial charge < -0.3 is 0 Å². The third-order valence-electron chi connectivity index (χ3n) is 9.26. The molecule has 0 bridgehead atoms. The molecule has 0 saturated heterocycles. The molecule has 4 saturated carbocycles. The van der Waals surface area contributed by atoms with Gasteiger partial charge in [-0.3, -0.25) is 4.98 Å². The molecule has 8 atom stereocenters. The first kappa shape index (κ1) is 16.3. The maximum absolute atomic E-state index is 4.77. The van der Waals surface area contributed by atoms with Gasteiger partial charge in [0.15, 0.2) is 0 Å². The maximum Gasteiger partial charge on any atom is 0.0440 e. The summed E-state index contributed by atoms with van der Waals surface area (Å²) in [5.74, 6) is 6.92. The summed E-state index contributed by atoms with van der Waals surface area (Å²) >= 11 is 0. The minimum absolute atomic E-state index is 0.518. The first-order chi connectivity index (χ1) is 12.2. The second kappa shape index (κ2) is 6.10. The van der Waals surface area contributed by atoms with Gasteiger partial charge in [-0.1, -0.05) is 26.3 Å². The molecule has 1 heteroatoms. The lowest BCUT2D eigenvalue weighted by atomic mass is 9.49. The van der Waals surface area contributed by atoms with Crippen LogP contribution in [0.25, 0.3) is 0 Å². The maximum atomic E-state index is 4.77. The fourth-order valence-corrected chi connectivity index (χ4v) is 8.16. The lowest BCUT2D eigenvalue weighted by molar-refractivity contribution is -0.0597. The summed E-state index contributed by atoms with van der Waals surface area (Å²) in [6, 6.07) is 6.56. The molecule has 0 aliphatic heterocycles. The van der Waals surface area contributed by atoms with Gasteiger partial charge in [0.1, 0.15) is 0 Å². The Labute approximate surface area is 154 Å². The van der Waals surface area contributed by atoms with Gasteiger partial charge in [0.2, 0.25) is 0 Å². The fourth-order valence-electron chi connectivity index (χ4n) is 8.16. The fraction of sp³-hybridized carbons (Fsp3) is 0.792. The molecule has 0 aromatic carbocycles. The van der Waals surface area contributed by atoms with Crippen molar-refractivity contribution in [3.8, 4) is 0 Å². The van der Waals surface area contributed by atoms with Gasteiger partial charge in [-0.25, -0.2) is 0 Å². The van der Waals surface area contributed by atoms with Crippen LogP contribution in [0.2, 0.25) is 0 Å². The van der Waals surface area contributed by atoms with Crippen LogP contribution in [0.4, 0.5) is 0 Å². The SMILES string of the molecule is CC1CCC2C(CCC3C2CCC2(C)C3CC[C@@H]2c2ccccn2)C1. The van der Waals surface area contributed by atoms with E-state index in [4.69, 9.17) is 4.98 Å². The minimum atomic E-state index is 0.518. The van der Waals surface area contributed by atoms with Crippen LogP contribution < -0.4 is 0 Å². The lowest BCUT2D eigenvalue weighted by Gasteiger charge is -2.56. The molecule has 1 aromatic heterocycles. The number of hydrogen-bond acceptors (Lipinski definition) is 1. The first-order valence-electron chi connectivity index (χ1n) is 11.1. The highest BCUT2D eigenvalue weighted by atomic mass is 14.7. The van der Waals surface area contributed by atoms with Gasteiger partial charge in [0.25, 0.3) is 0 Å². The van der Waals surface area contributed by atoms with Gasteiger partial charge in [-0.2, -0.15) is 0 Å².